The lowest BCUT2D eigenvalue weighted by Gasteiger charge is -2.45. The number of hydrogen-bond acceptors (Lipinski definition) is 2. The number of hydrogen-bond donors (Lipinski definition) is 1. The molecule has 1 aliphatic carbocycles. The van der Waals surface area contributed by atoms with Crippen molar-refractivity contribution in [2.45, 2.75) is 71.3 Å². The monoisotopic (exact) mass is 266 g/mol. The van der Waals surface area contributed by atoms with Crippen LogP contribution >= 0.6 is 0 Å². The second-order valence-corrected chi connectivity index (χ2v) is 7.14. The Morgan fingerprint density at radius 3 is 2.21 bits per heavy atom. The van der Waals surface area contributed by atoms with Crippen molar-refractivity contribution >= 4 is 0 Å². The zero-order valence-electron chi connectivity index (χ0n) is 13.4. The molecule has 1 N–H and O–H groups in total. The van der Waals surface area contributed by atoms with Crippen molar-refractivity contribution in [1.82, 2.24) is 10.2 Å². The van der Waals surface area contributed by atoms with E-state index in [9.17, 15) is 0 Å². The Morgan fingerprint density at radius 1 is 1.05 bits per heavy atom. The summed E-state index contributed by atoms with van der Waals surface area (Å²) >= 11 is 0. The summed E-state index contributed by atoms with van der Waals surface area (Å²) in [5.41, 5.74) is 0.750. The van der Waals surface area contributed by atoms with E-state index in [4.69, 9.17) is 0 Å². The average Bonchev–Trinajstić information content (AvgIpc) is 2.47. The highest BCUT2D eigenvalue weighted by Gasteiger charge is 2.35. The molecule has 0 aromatic rings. The fraction of sp³-hybridized carbons (Fsp3) is 1.00. The lowest BCUT2D eigenvalue weighted by atomic mass is 9.68. The smallest absolute Gasteiger partial charge is 0.0217 e. The van der Waals surface area contributed by atoms with Crippen LogP contribution in [0.3, 0.4) is 0 Å². The molecule has 0 aromatic heterocycles. The van der Waals surface area contributed by atoms with E-state index in [0.717, 1.165) is 11.3 Å². The number of nitrogens with zero attached hydrogens (tertiary/aromatic N) is 1. The predicted octanol–water partition coefficient (Wildman–Crippen LogP) is 3.67. The van der Waals surface area contributed by atoms with Gasteiger partial charge in [-0.1, -0.05) is 39.5 Å². The highest BCUT2D eigenvalue weighted by molar-refractivity contribution is 4.89. The van der Waals surface area contributed by atoms with Crippen LogP contribution in [0.2, 0.25) is 0 Å². The minimum absolute atomic E-state index is 0.672. The van der Waals surface area contributed by atoms with Crippen molar-refractivity contribution in [3.05, 3.63) is 0 Å². The van der Waals surface area contributed by atoms with Crippen LogP contribution in [0.25, 0.3) is 0 Å². The number of likely N-dealkylation sites (N-methyl/N-ethyl adjacent to an activating group) is 1. The van der Waals surface area contributed by atoms with Crippen LogP contribution in [0.1, 0.15) is 65.2 Å². The first-order valence-electron chi connectivity index (χ1n) is 8.59. The summed E-state index contributed by atoms with van der Waals surface area (Å²) in [6, 6.07) is 0.672. The molecule has 2 unspecified atom stereocenters. The summed E-state index contributed by atoms with van der Waals surface area (Å²) in [5, 5.41) is 3.53. The van der Waals surface area contributed by atoms with Gasteiger partial charge in [0, 0.05) is 12.6 Å². The third kappa shape index (κ3) is 3.95. The minimum Gasteiger partial charge on any atom is -0.315 e. The Balaban J connectivity index is 1.79. The molecule has 2 atom stereocenters. The molecule has 1 saturated carbocycles. The average molecular weight is 266 g/mol. The molecule has 1 heterocycles. The Kier molecular flexibility index (Phi) is 5.70. The summed E-state index contributed by atoms with van der Waals surface area (Å²) in [6.45, 7) is 8.63. The second kappa shape index (κ2) is 7.08. The third-order valence-electron chi connectivity index (χ3n) is 5.99. The molecular formula is C17H34N2. The van der Waals surface area contributed by atoms with E-state index < -0.39 is 0 Å². The molecule has 112 valence electrons. The molecule has 0 amide bonds. The van der Waals surface area contributed by atoms with Gasteiger partial charge in [0.25, 0.3) is 0 Å². The van der Waals surface area contributed by atoms with Gasteiger partial charge in [0.1, 0.15) is 0 Å². The van der Waals surface area contributed by atoms with Gasteiger partial charge in [0.2, 0.25) is 0 Å². The van der Waals surface area contributed by atoms with Gasteiger partial charge in [-0.05, 0) is 57.2 Å². The maximum Gasteiger partial charge on any atom is 0.0217 e. The van der Waals surface area contributed by atoms with Gasteiger partial charge < -0.3 is 10.2 Å². The lowest BCUT2D eigenvalue weighted by molar-refractivity contribution is 0.0596. The quantitative estimate of drug-likeness (QED) is 0.817. The maximum atomic E-state index is 3.53. The van der Waals surface area contributed by atoms with Gasteiger partial charge in [-0.2, -0.15) is 0 Å². The molecule has 0 bridgehead atoms. The molecule has 0 aromatic carbocycles. The van der Waals surface area contributed by atoms with Crippen LogP contribution in [-0.4, -0.2) is 37.6 Å². The molecule has 1 spiro atoms. The van der Waals surface area contributed by atoms with Gasteiger partial charge in [0.05, 0.1) is 0 Å². The van der Waals surface area contributed by atoms with Gasteiger partial charge in [-0.3, -0.25) is 0 Å². The normalized spacial score (nSPS) is 27.3. The molecule has 2 aliphatic rings. The largest absolute Gasteiger partial charge is 0.315 e. The van der Waals surface area contributed by atoms with Crippen LogP contribution in [-0.2, 0) is 0 Å². The second-order valence-electron chi connectivity index (χ2n) is 7.14. The molecule has 2 rings (SSSR count). The van der Waals surface area contributed by atoms with Gasteiger partial charge in [-0.25, -0.2) is 0 Å². The van der Waals surface area contributed by atoms with E-state index in [0.29, 0.717) is 6.04 Å². The molecular weight excluding hydrogens is 232 g/mol. The van der Waals surface area contributed by atoms with Crippen molar-refractivity contribution in [2.75, 3.05) is 26.7 Å². The molecule has 1 aliphatic heterocycles. The zero-order valence-corrected chi connectivity index (χ0v) is 13.4. The third-order valence-corrected chi connectivity index (χ3v) is 5.99. The van der Waals surface area contributed by atoms with Gasteiger partial charge in [0.15, 0.2) is 0 Å². The molecule has 19 heavy (non-hydrogen) atoms. The SMILES string of the molecule is CCC(C)C(CN1CCC2(CCCCC2)CC1)NC. The van der Waals surface area contributed by atoms with Crippen LogP contribution in [0.15, 0.2) is 0 Å². The summed E-state index contributed by atoms with van der Waals surface area (Å²) < 4.78 is 0. The van der Waals surface area contributed by atoms with E-state index in [2.05, 4.69) is 31.1 Å². The fourth-order valence-electron chi connectivity index (χ4n) is 4.13. The van der Waals surface area contributed by atoms with E-state index in [1.165, 1.54) is 71.0 Å². The standard InChI is InChI=1S/C17H34N2/c1-4-15(2)16(18-3)14-19-12-10-17(11-13-19)8-6-5-7-9-17/h15-16,18H,4-14H2,1-3H3. The van der Waals surface area contributed by atoms with Crippen LogP contribution in [0.5, 0.6) is 0 Å². The predicted molar refractivity (Wildman–Crippen MR) is 83.5 cm³/mol. The van der Waals surface area contributed by atoms with Crippen molar-refractivity contribution in [3.8, 4) is 0 Å². The number of rotatable bonds is 5. The summed E-state index contributed by atoms with van der Waals surface area (Å²) in [5.74, 6) is 0.788. The minimum atomic E-state index is 0.672. The first-order chi connectivity index (χ1) is 9.19. The highest BCUT2D eigenvalue weighted by atomic mass is 15.2. The number of nitrogens with one attached hydrogen (secondary N) is 1. The molecule has 1 saturated heterocycles. The zero-order chi connectivity index (χ0) is 13.7. The number of likely N-dealkylation sites (tertiary alicyclic amines) is 1. The highest BCUT2D eigenvalue weighted by Crippen LogP contribution is 2.44. The van der Waals surface area contributed by atoms with Crippen LogP contribution < -0.4 is 5.32 Å². The Bertz CT molecular complexity index is 248. The van der Waals surface area contributed by atoms with Crippen LogP contribution in [0.4, 0.5) is 0 Å². The molecule has 2 fully saturated rings. The lowest BCUT2D eigenvalue weighted by Crippen LogP contribution is -2.48. The van der Waals surface area contributed by atoms with Gasteiger partial charge >= 0.3 is 0 Å². The van der Waals surface area contributed by atoms with E-state index in [1.54, 1.807) is 0 Å². The summed E-state index contributed by atoms with van der Waals surface area (Å²) in [6.07, 6.45) is 11.7. The van der Waals surface area contributed by atoms with Gasteiger partial charge in [-0.15, -0.1) is 0 Å². The Labute approximate surface area is 120 Å². The van der Waals surface area contributed by atoms with E-state index in [-0.39, 0.29) is 0 Å². The van der Waals surface area contributed by atoms with Crippen molar-refractivity contribution in [2.24, 2.45) is 11.3 Å². The van der Waals surface area contributed by atoms with E-state index >= 15 is 0 Å². The van der Waals surface area contributed by atoms with Crippen molar-refractivity contribution < 1.29 is 0 Å². The first-order valence-corrected chi connectivity index (χ1v) is 8.59. The van der Waals surface area contributed by atoms with Crippen LogP contribution in [0, 0.1) is 11.3 Å². The molecule has 0 radical (unpaired) electrons. The topological polar surface area (TPSA) is 15.3 Å². The summed E-state index contributed by atoms with van der Waals surface area (Å²) in [7, 11) is 2.13. The Morgan fingerprint density at radius 2 is 1.68 bits per heavy atom. The molecule has 2 nitrogen and oxygen atoms in total. The van der Waals surface area contributed by atoms with Crippen molar-refractivity contribution in [3.63, 3.8) is 0 Å². The fourth-order valence-corrected chi connectivity index (χ4v) is 4.13. The Hall–Kier alpha value is -0.0800. The molecule has 2 heteroatoms. The maximum absolute atomic E-state index is 3.53. The number of piperidine rings is 1. The van der Waals surface area contributed by atoms with Crippen molar-refractivity contribution in [1.29, 1.82) is 0 Å². The van der Waals surface area contributed by atoms with E-state index in [1.807, 2.05) is 0 Å². The summed E-state index contributed by atoms with van der Waals surface area (Å²) in [4.78, 5) is 2.72. The first kappa shape index (κ1) is 15.3.